The standard InChI is InChI=1S/C19H19F2N3O3.C18H19F2N3O2.C18H19F2N3O.C17H17F2N3O.C16H16ClN3O.CO2/c1-24-9-12(15(23-24)16(20)21)17(25)22-19-8-7-11(14(19)18(26)27-2)10-5-3-4-6-13(10)19;1-23-8-12(15(22-23)16(19)20)17(25)21-18-7-6-11(14(18)9-24)10-4-2-3-5-13(10)18;1-10-11-7-8-18(10,14-6-4-3-5-12(11)14)21-17(24)13-9-23(2)22-15(13)16(19)20;1-22-9-12(14(21-22)15(18)19)16(23)20-17-7-6-10(8-17)11-4-2-3-5-13(11)17;1-20-14(17)12(9-18-20)15(21)19-16-7-6-10(8-16)11-4-2-3-5-13(11)16;2-1-3/h3-6,9,11,14,16H,7-8H2,1-2H3,(H,22,25);2-5,8,11,14,16,24H,6-7,9H2,1H3,(H,21,25);3-6,9-11,16H,7-8H2,1-2H3,(H,21,24);2-5,9-10,15H,6-8H2,1H3,(H,20,23);2-5,9-10H,6-8H2,1H3,(H,19,21);. The molecule has 13 atom stereocenters. The topological polar surface area (TPSA) is 315 Å². The molecule has 6 N–H and O–H groups in total. The Morgan fingerprint density at radius 3 is 1.19 bits per heavy atom. The third kappa shape index (κ3) is 15.0. The van der Waals surface area contributed by atoms with Crippen LogP contribution in [-0.2, 0) is 82.1 Å². The molecule has 20 rings (SSSR count). The van der Waals surface area contributed by atoms with Crippen molar-refractivity contribution in [2.45, 2.75) is 167 Å². The van der Waals surface area contributed by atoms with E-state index in [-0.39, 0.29) is 70.1 Å². The van der Waals surface area contributed by atoms with Crippen LogP contribution in [0.25, 0.3) is 0 Å². The smallest absolute Gasteiger partial charge is 0.373 e. The van der Waals surface area contributed by atoms with Crippen molar-refractivity contribution in [3.05, 3.63) is 264 Å². The van der Waals surface area contributed by atoms with Crippen LogP contribution in [0.4, 0.5) is 35.1 Å². The fourth-order valence-electron chi connectivity index (χ4n) is 22.0. The maximum atomic E-state index is 13.3. The largest absolute Gasteiger partial charge is 0.469 e. The van der Waals surface area contributed by atoms with Gasteiger partial charge < -0.3 is 36.4 Å². The highest BCUT2D eigenvalue weighted by atomic mass is 35.5. The number of fused-ring (bicyclic) bond motifs is 25. The second-order valence-electron chi connectivity index (χ2n) is 33.3. The molecule has 0 aliphatic heterocycles. The number of amides is 5. The van der Waals surface area contributed by atoms with Gasteiger partial charge in [0.2, 0.25) is 0 Å². The minimum atomic E-state index is -2.87. The van der Waals surface area contributed by atoms with Gasteiger partial charge in [-0.05, 0) is 162 Å². The highest BCUT2D eigenvalue weighted by Crippen LogP contribution is 2.63. The van der Waals surface area contributed by atoms with Crippen molar-refractivity contribution in [3.63, 3.8) is 0 Å². The number of halogens is 9. The summed E-state index contributed by atoms with van der Waals surface area (Å²) in [7, 11) is 9.12. The first-order chi connectivity index (χ1) is 58.8. The highest BCUT2D eigenvalue weighted by molar-refractivity contribution is 6.32. The van der Waals surface area contributed by atoms with Gasteiger partial charge in [0, 0.05) is 78.5 Å². The number of esters is 1. The van der Waals surface area contributed by atoms with Crippen LogP contribution in [0.1, 0.15) is 269 Å². The van der Waals surface area contributed by atoms with Crippen molar-refractivity contribution in [1.29, 1.82) is 0 Å². The van der Waals surface area contributed by atoms with E-state index in [1.807, 2.05) is 91.0 Å². The Balaban J connectivity index is 0.000000118. The molecule has 5 fully saturated rings. The average Bonchev–Trinajstić information content (AvgIpc) is 1.51. The quantitative estimate of drug-likeness (QED) is 0.0387. The number of aliphatic hydroxyl groups is 1. The first-order valence-electron chi connectivity index (χ1n) is 40.5. The van der Waals surface area contributed by atoms with Gasteiger partial charge >= 0.3 is 12.1 Å². The number of aryl methyl sites for hydroxylation is 5. The Labute approximate surface area is 706 Å². The molecule has 0 spiro atoms. The number of aliphatic hydroxyl groups excluding tert-OH is 1. The van der Waals surface area contributed by atoms with Gasteiger partial charge in [0.05, 0.1) is 74.7 Å². The predicted molar refractivity (Wildman–Crippen MR) is 428 cm³/mol. The first-order valence-corrected chi connectivity index (χ1v) is 40.9. The molecule has 5 heterocycles. The number of carbonyl (C=O) groups is 6. The van der Waals surface area contributed by atoms with E-state index < -0.39 is 106 Å². The summed E-state index contributed by atoms with van der Waals surface area (Å²) in [5.41, 5.74) is 6.75. The summed E-state index contributed by atoms with van der Waals surface area (Å²) in [5.74, 6) is -1.59. The van der Waals surface area contributed by atoms with Gasteiger partial charge in [-0.25, -0.2) is 35.1 Å². The minimum Gasteiger partial charge on any atom is -0.469 e. The normalized spacial score (nSPS) is 25.6. The average molecular weight is 1720 g/mol. The Morgan fingerprint density at radius 2 is 0.780 bits per heavy atom. The zero-order valence-electron chi connectivity index (χ0n) is 68.0. The molecule has 123 heavy (non-hydrogen) atoms. The molecular formula is C89H90ClF8N15O10. The summed E-state index contributed by atoms with van der Waals surface area (Å²) in [4.78, 5) is 92.5. The fourth-order valence-corrected chi connectivity index (χ4v) is 22.2. The van der Waals surface area contributed by atoms with Crippen LogP contribution in [0, 0.1) is 17.8 Å². The maximum Gasteiger partial charge on any atom is 0.373 e. The zero-order chi connectivity index (χ0) is 87.7. The van der Waals surface area contributed by atoms with Gasteiger partial charge in [-0.2, -0.15) is 35.1 Å². The number of nitrogens with zero attached hydrogens (tertiary/aromatic N) is 10. The molecule has 5 saturated carbocycles. The van der Waals surface area contributed by atoms with Crippen LogP contribution in [0.15, 0.2) is 152 Å². The van der Waals surface area contributed by atoms with Crippen molar-refractivity contribution in [1.82, 2.24) is 75.5 Å². The predicted octanol–water partition coefficient (Wildman–Crippen LogP) is 14.3. The molecule has 10 aromatic rings. The van der Waals surface area contributed by atoms with E-state index in [1.165, 1.54) is 105 Å². The van der Waals surface area contributed by atoms with Gasteiger partial charge in [-0.15, -0.1) is 0 Å². The number of methoxy groups -OCH3 is 1. The second kappa shape index (κ2) is 33.7. The lowest BCUT2D eigenvalue weighted by molar-refractivity contribution is -0.191. The Morgan fingerprint density at radius 1 is 0.455 bits per heavy atom. The lowest BCUT2D eigenvalue weighted by Crippen LogP contribution is -2.49. The molecule has 0 radical (unpaired) electrons. The number of aromatic nitrogens is 10. The Bertz CT molecular complexity index is 5800. The van der Waals surface area contributed by atoms with Crippen LogP contribution in [0.3, 0.4) is 0 Å². The number of alkyl halides is 8. The third-order valence-electron chi connectivity index (χ3n) is 27.1. The van der Waals surface area contributed by atoms with E-state index in [0.29, 0.717) is 47.7 Å². The summed E-state index contributed by atoms with van der Waals surface area (Å²) >= 11 is 6.13. The second-order valence-corrected chi connectivity index (χ2v) is 33.7. The Hall–Kier alpha value is -12.0. The molecule has 10 aliphatic carbocycles. The zero-order valence-corrected chi connectivity index (χ0v) is 68.8. The number of carbonyl (C=O) groups excluding carboxylic acids is 8. The van der Waals surface area contributed by atoms with Gasteiger partial charge in [0.25, 0.3) is 55.2 Å². The Kier molecular flexibility index (Phi) is 23.6. The van der Waals surface area contributed by atoms with Gasteiger partial charge in [0.15, 0.2) is 0 Å². The van der Waals surface area contributed by atoms with Crippen LogP contribution >= 0.6 is 11.6 Å². The maximum absolute atomic E-state index is 13.3. The van der Waals surface area contributed by atoms with E-state index >= 15 is 0 Å². The van der Waals surface area contributed by atoms with Crippen molar-refractivity contribution in [2.75, 3.05) is 13.7 Å². The number of hydrogen-bond donors (Lipinski definition) is 6. The summed E-state index contributed by atoms with van der Waals surface area (Å²) in [6.45, 7) is 2.07. The molecule has 13 unspecified atom stereocenters. The SMILES string of the molecule is CC1C2CCC1(NC(=O)c1cn(C)nc1C(F)F)c1ccccc12.COC(=O)C1C2CCC1(NC(=O)c1cn(C)nc1C(F)F)c1ccccc12.Cn1cc(C(=O)NC23CCC(C2)c2ccccc23)c(C(F)F)n1.Cn1cc(C(=O)NC23CCC(c4ccccc42)C3CO)c(C(F)F)n1.Cn1ncc(C(=O)NC23CCC(C2)c2ccccc23)c1Cl.O=C=O. The van der Waals surface area contributed by atoms with E-state index in [1.54, 1.807) is 14.1 Å². The summed E-state index contributed by atoms with van der Waals surface area (Å²) < 4.78 is 117. The summed E-state index contributed by atoms with van der Waals surface area (Å²) in [6.07, 6.45) is 6.38. The van der Waals surface area contributed by atoms with Gasteiger partial charge in [-0.3, -0.25) is 52.2 Å². The number of nitrogens with one attached hydrogen (secondary N) is 5. The summed E-state index contributed by atoms with van der Waals surface area (Å²) in [5, 5.41) is 44.4. The van der Waals surface area contributed by atoms with Crippen LogP contribution in [0.2, 0.25) is 5.15 Å². The fraction of sp³-hybridized carbons (Fsp3) is 0.416. The lowest BCUT2D eigenvalue weighted by Gasteiger charge is -2.34. The molecule has 5 aromatic heterocycles. The first kappa shape index (κ1) is 86.0. The van der Waals surface area contributed by atoms with E-state index in [9.17, 15) is 69.0 Å². The van der Waals surface area contributed by atoms with E-state index in [4.69, 9.17) is 25.9 Å². The van der Waals surface area contributed by atoms with Crippen LogP contribution in [-0.4, -0.2) is 109 Å². The number of rotatable bonds is 16. The van der Waals surface area contributed by atoms with Crippen molar-refractivity contribution >= 4 is 53.3 Å². The van der Waals surface area contributed by atoms with E-state index in [2.05, 4.69) is 89.3 Å². The minimum absolute atomic E-state index is 0.0373. The molecule has 644 valence electrons. The lowest BCUT2D eigenvalue weighted by atomic mass is 9.83. The molecule has 0 saturated heterocycles. The highest BCUT2D eigenvalue weighted by Gasteiger charge is 2.63. The summed E-state index contributed by atoms with van der Waals surface area (Å²) in [6, 6.07) is 40.0. The number of ether oxygens (including phenoxy) is 1. The number of hydrogen-bond acceptors (Lipinski definition) is 15. The van der Waals surface area contributed by atoms with Crippen LogP contribution < -0.4 is 26.6 Å². The molecular weight excluding hydrogens is 1630 g/mol. The monoisotopic (exact) mass is 1720 g/mol. The number of benzene rings is 5. The molecule has 10 aliphatic rings. The van der Waals surface area contributed by atoms with Crippen LogP contribution in [0.5, 0.6) is 0 Å². The van der Waals surface area contributed by atoms with Crippen molar-refractivity contribution in [2.24, 2.45) is 53.0 Å². The molecule has 5 amide bonds. The van der Waals surface area contributed by atoms with E-state index in [0.717, 1.165) is 91.2 Å². The molecule has 5 aromatic carbocycles. The van der Waals surface area contributed by atoms with Crippen molar-refractivity contribution < 1.29 is 83.3 Å². The molecule has 10 bridgehead atoms. The third-order valence-corrected chi connectivity index (χ3v) is 27.5. The molecule has 34 heteroatoms. The van der Waals surface area contributed by atoms with Gasteiger partial charge in [-0.1, -0.05) is 140 Å². The van der Waals surface area contributed by atoms with Gasteiger partial charge in [0.1, 0.15) is 27.9 Å². The van der Waals surface area contributed by atoms with Crippen molar-refractivity contribution in [3.8, 4) is 0 Å². The molecule has 25 nitrogen and oxygen atoms in total.